The first-order chi connectivity index (χ1) is 19.5. The number of hydrazine groups is 1. The second-order valence-electron chi connectivity index (χ2n) is 9.55. The van der Waals surface area contributed by atoms with E-state index in [1.807, 2.05) is 61.5 Å². The van der Waals surface area contributed by atoms with Gasteiger partial charge in [-0.25, -0.2) is 10.4 Å². The number of para-hydroxylation sites is 3. The monoisotopic (exact) mass is 553 g/mol. The molecular weight excluding hydrogens is 526 g/mol. The van der Waals surface area contributed by atoms with Crippen LogP contribution < -0.4 is 15.7 Å². The van der Waals surface area contributed by atoms with Crippen LogP contribution >= 0.6 is 11.8 Å². The Bertz CT molecular complexity index is 1830. The Balaban J connectivity index is 1.32. The molecule has 0 spiro atoms. The van der Waals surface area contributed by atoms with Crippen molar-refractivity contribution < 1.29 is 14.3 Å². The van der Waals surface area contributed by atoms with E-state index in [1.165, 1.54) is 16.8 Å². The van der Waals surface area contributed by atoms with Crippen molar-refractivity contribution in [3.8, 4) is 11.4 Å². The number of aromatic nitrogens is 3. The van der Waals surface area contributed by atoms with Crippen LogP contribution in [0, 0.1) is 6.92 Å². The first kappa shape index (κ1) is 25.8. The lowest BCUT2D eigenvalue weighted by Crippen LogP contribution is -2.44. The van der Waals surface area contributed by atoms with Gasteiger partial charge in [-0.2, -0.15) is 0 Å². The number of benzene rings is 3. The molecule has 40 heavy (non-hydrogen) atoms. The van der Waals surface area contributed by atoms with E-state index in [0.29, 0.717) is 28.2 Å². The fourth-order valence-corrected chi connectivity index (χ4v) is 6.34. The Hall–Kier alpha value is -4.41. The maximum Gasteiger partial charge on any atom is 0.266 e. The second-order valence-corrected chi connectivity index (χ2v) is 10.6. The largest absolute Gasteiger partial charge is 0.496 e. The van der Waals surface area contributed by atoms with Crippen molar-refractivity contribution in [2.45, 2.75) is 18.7 Å². The smallest absolute Gasteiger partial charge is 0.266 e. The molecular formula is C30H27N5O4S. The number of fused-ring (bicyclic) bond motifs is 2. The molecule has 6 rings (SSSR count). The van der Waals surface area contributed by atoms with Gasteiger partial charge in [-0.05, 0) is 31.2 Å². The number of hydrogen-bond acceptors (Lipinski definition) is 7. The van der Waals surface area contributed by atoms with Crippen molar-refractivity contribution >= 4 is 45.3 Å². The Morgan fingerprint density at radius 2 is 1.77 bits per heavy atom. The molecule has 1 aliphatic heterocycles. The first-order valence-electron chi connectivity index (χ1n) is 12.9. The molecule has 3 aromatic carbocycles. The molecule has 0 radical (unpaired) electrons. The minimum Gasteiger partial charge on any atom is -0.496 e. The summed E-state index contributed by atoms with van der Waals surface area (Å²) in [6.07, 6.45) is -0.0967. The summed E-state index contributed by atoms with van der Waals surface area (Å²) in [7, 11) is 1.59. The van der Waals surface area contributed by atoms with Crippen LogP contribution in [0.2, 0.25) is 0 Å². The van der Waals surface area contributed by atoms with Crippen LogP contribution in [0.5, 0.6) is 5.75 Å². The zero-order chi connectivity index (χ0) is 27.8. The lowest BCUT2D eigenvalue weighted by atomic mass is 10.1. The summed E-state index contributed by atoms with van der Waals surface area (Å²) in [5, 5.41) is 2.50. The first-order valence-corrected chi connectivity index (χ1v) is 13.9. The SMILES string of the molecule is COc1ccccc1C1SCC(=O)N1NCC(=O)Cc1nc2ccccc2c(=O)n1-c1c(C)[nH]c2ccccc12. The van der Waals surface area contributed by atoms with E-state index in [9.17, 15) is 14.4 Å². The average Bonchev–Trinajstić information content (AvgIpc) is 3.50. The molecule has 2 aromatic heterocycles. The van der Waals surface area contributed by atoms with Gasteiger partial charge in [-0.15, -0.1) is 11.8 Å². The number of carbonyl (C=O) groups excluding carboxylic acids is 2. The molecule has 9 nitrogen and oxygen atoms in total. The Kier molecular flexibility index (Phi) is 6.87. The summed E-state index contributed by atoms with van der Waals surface area (Å²) < 4.78 is 7.04. The number of aryl methyl sites for hydroxylation is 1. The zero-order valence-corrected chi connectivity index (χ0v) is 22.8. The second kappa shape index (κ2) is 10.6. The summed E-state index contributed by atoms with van der Waals surface area (Å²) in [5.41, 5.74) is 6.54. The number of rotatable bonds is 8. The van der Waals surface area contributed by atoms with Gasteiger partial charge in [0.05, 0.1) is 42.4 Å². The van der Waals surface area contributed by atoms with Gasteiger partial charge in [-0.1, -0.05) is 48.5 Å². The summed E-state index contributed by atoms with van der Waals surface area (Å²) >= 11 is 1.46. The van der Waals surface area contributed by atoms with Crippen molar-refractivity contribution in [1.29, 1.82) is 0 Å². The molecule has 3 heterocycles. The van der Waals surface area contributed by atoms with Gasteiger partial charge in [0.15, 0.2) is 5.78 Å². The number of nitrogens with zero attached hydrogens (tertiary/aromatic N) is 3. The molecule has 1 fully saturated rings. The maximum atomic E-state index is 13.8. The van der Waals surface area contributed by atoms with Crippen LogP contribution in [0.15, 0.2) is 77.6 Å². The van der Waals surface area contributed by atoms with Crippen molar-refractivity contribution in [2.75, 3.05) is 19.4 Å². The number of ether oxygens (including phenoxy) is 1. The predicted molar refractivity (Wildman–Crippen MR) is 156 cm³/mol. The fourth-order valence-electron chi connectivity index (χ4n) is 5.19. The number of carbonyl (C=O) groups is 2. The number of H-pyrrole nitrogens is 1. The normalized spacial score (nSPS) is 15.3. The summed E-state index contributed by atoms with van der Waals surface area (Å²) in [6.45, 7) is 1.80. The fraction of sp³-hybridized carbons (Fsp3) is 0.200. The molecule has 1 amide bonds. The number of hydrogen-bond donors (Lipinski definition) is 2. The third-order valence-corrected chi connectivity index (χ3v) is 8.20. The molecule has 0 saturated carbocycles. The number of amides is 1. The standard InChI is InChI=1S/C30H27N5O4S/c1-18-28(20-9-3-6-12-23(20)32-18)34-26(33-24-13-7-4-10-21(24)29(34)38)15-19(36)16-31-35-27(37)17-40-30(35)22-11-5-8-14-25(22)39-2/h3-14,30-32H,15-17H2,1-2H3. The Morgan fingerprint density at radius 1 is 1.05 bits per heavy atom. The van der Waals surface area contributed by atoms with Crippen LogP contribution in [-0.4, -0.2) is 50.6 Å². The molecule has 1 atom stereocenters. The average molecular weight is 554 g/mol. The summed E-state index contributed by atoms with van der Waals surface area (Å²) in [4.78, 5) is 48.0. The van der Waals surface area contributed by atoms with Crippen LogP contribution in [0.4, 0.5) is 0 Å². The van der Waals surface area contributed by atoms with E-state index in [2.05, 4.69) is 10.4 Å². The summed E-state index contributed by atoms with van der Waals surface area (Å²) in [5.74, 6) is 0.967. The molecule has 10 heteroatoms. The predicted octanol–water partition coefficient (Wildman–Crippen LogP) is 4.07. The zero-order valence-electron chi connectivity index (χ0n) is 22.0. The van der Waals surface area contributed by atoms with Crippen molar-refractivity contribution in [3.63, 3.8) is 0 Å². The van der Waals surface area contributed by atoms with Gasteiger partial charge in [0.25, 0.3) is 5.56 Å². The minimum absolute atomic E-state index is 0.0967. The van der Waals surface area contributed by atoms with Crippen LogP contribution in [0.1, 0.15) is 22.5 Å². The third kappa shape index (κ3) is 4.55. The van der Waals surface area contributed by atoms with E-state index in [4.69, 9.17) is 9.72 Å². The van der Waals surface area contributed by atoms with Crippen molar-refractivity contribution in [1.82, 2.24) is 25.0 Å². The highest BCUT2D eigenvalue weighted by Gasteiger charge is 2.35. The molecule has 5 aromatic rings. The van der Waals surface area contributed by atoms with E-state index < -0.39 is 0 Å². The van der Waals surface area contributed by atoms with Crippen LogP contribution in [0.3, 0.4) is 0 Å². The highest BCUT2D eigenvalue weighted by atomic mass is 32.2. The molecule has 1 saturated heterocycles. The number of ketones is 1. The highest BCUT2D eigenvalue weighted by Crippen LogP contribution is 2.41. The van der Waals surface area contributed by atoms with E-state index in [0.717, 1.165) is 22.2 Å². The number of Topliss-reactive ketones (excluding diaryl/α,β-unsaturated/α-hetero) is 1. The molecule has 1 unspecified atom stereocenters. The quantitative estimate of drug-likeness (QED) is 0.298. The van der Waals surface area contributed by atoms with E-state index >= 15 is 0 Å². The Morgan fingerprint density at radius 3 is 2.60 bits per heavy atom. The van der Waals surface area contributed by atoms with Crippen molar-refractivity contribution in [3.05, 3.63) is 100 Å². The molecule has 0 aliphatic carbocycles. The van der Waals surface area contributed by atoms with Gasteiger partial charge in [0.1, 0.15) is 16.9 Å². The van der Waals surface area contributed by atoms with Gasteiger partial charge in [-0.3, -0.25) is 24.0 Å². The topological polar surface area (TPSA) is 109 Å². The third-order valence-electron chi connectivity index (χ3n) is 7.00. The lowest BCUT2D eigenvalue weighted by Gasteiger charge is -2.25. The van der Waals surface area contributed by atoms with Crippen LogP contribution in [0.25, 0.3) is 27.5 Å². The number of aromatic amines is 1. The number of thioether (sulfide) groups is 1. The van der Waals surface area contributed by atoms with Gasteiger partial charge < -0.3 is 9.72 Å². The Labute approximate surface area is 234 Å². The number of nitrogens with one attached hydrogen (secondary N) is 2. The van der Waals surface area contributed by atoms with Crippen molar-refractivity contribution in [2.24, 2.45) is 0 Å². The van der Waals surface area contributed by atoms with Crippen LogP contribution in [-0.2, 0) is 16.0 Å². The highest BCUT2D eigenvalue weighted by molar-refractivity contribution is 8.00. The minimum atomic E-state index is -0.331. The molecule has 202 valence electrons. The molecule has 1 aliphatic rings. The lowest BCUT2D eigenvalue weighted by molar-refractivity contribution is -0.132. The number of methoxy groups -OCH3 is 1. The molecule has 0 bridgehead atoms. The van der Waals surface area contributed by atoms with Gasteiger partial charge in [0, 0.05) is 22.2 Å². The molecule has 2 N–H and O–H groups in total. The summed E-state index contributed by atoms with van der Waals surface area (Å²) in [6, 6.07) is 22.4. The van der Waals surface area contributed by atoms with Gasteiger partial charge >= 0.3 is 0 Å². The van der Waals surface area contributed by atoms with E-state index in [1.54, 1.807) is 29.9 Å². The van der Waals surface area contributed by atoms with Gasteiger partial charge in [0.2, 0.25) is 5.91 Å². The maximum absolute atomic E-state index is 13.8. The van der Waals surface area contributed by atoms with E-state index in [-0.39, 0.29) is 41.3 Å².